The third kappa shape index (κ3) is 3.81. The first-order chi connectivity index (χ1) is 16.8. The normalized spacial score (nSPS) is 13.5. The fraction of sp³-hybridized carbons (Fsp3) is 0.280. The largest absolute Gasteiger partial charge is 0.370 e. The van der Waals surface area contributed by atoms with E-state index < -0.39 is 17.0 Å². The average Bonchev–Trinajstić information content (AvgIpc) is 3.51. The Kier molecular flexibility index (Phi) is 5.72. The number of amides is 1. The van der Waals surface area contributed by atoms with Gasteiger partial charge in [0.05, 0.1) is 27.4 Å². The van der Waals surface area contributed by atoms with Crippen LogP contribution in [0.2, 0.25) is 5.02 Å². The van der Waals surface area contributed by atoms with Crippen LogP contribution in [-0.2, 0) is 14.1 Å². The predicted molar refractivity (Wildman–Crippen MR) is 136 cm³/mol. The molecule has 10 heteroatoms. The highest BCUT2D eigenvalue weighted by molar-refractivity contribution is 6.33. The second-order valence-corrected chi connectivity index (χ2v) is 9.08. The molecule has 4 aromatic rings. The molecule has 5 rings (SSSR count). The van der Waals surface area contributed by atoms with E-state index in [0.29, 0.717) is 38.8 Å². The number of aryl methyl sites for hydroxylation is 3. The standard InChI is InChI=1S/C25H24ClN5O4/c1-14-21(22(28-35-14)15-8-4-5-9-16(15)26)23(32)27-17-12-19-20(13-18(17)31-10-6-7-11-31)30(3)25(34)24(33)29(19)2/h4-5,8-9,12-13H,6-7,10-11H2,1-3H3,(H,27,32). The van der Waals surface area contributed by atoms with E-state index in [4.69, 9.17) is 16.1 Å². The van der Waals surface area contributed by atoms with Crippen LogP contribution in [0.5, 0.6) is 0 Å². The molecule has 1 saturated heterocycles. The number of aromatic nitrogens is 3. The number of nitrogens with zero attached hydrogens (tertiary/aromatic N) is 4. The molecule has 35 heavy (non-hydrogen) atoms. The van der Waals surface area contributed by atoms with Gasteiger partial charge >= 0.3 is 11.1 Å². The molecule has 0 aliphatic carbocycles. The van der Waals surface area contributed by atoms with Gasteiger partial charge in [-0.2, -0.15) is 0 Å². The minimum absolute atomic E-state index is 0.278. The topological polar surface area (TPSA) is 102 Å². The van der Waals surface area contributed by atoms with Crippen LogP contribution in [0.15, 0.2) is 50.5 Å². The van der Waals surface area contributed by atoms with E-state index in [-0.39, 0.29) is 5.56 Å². The van der Waals surface area contributed by atoms with Crippen molar-refractivity contribution in [2.75, 3.05) is 23.3 Å². The first kappa shape index (κ1) is 22.9. The Balaban J connectivity index is 1.66. The molecule has 1 aliphatic heterocycles. The molecule has 0 unspecified atom stereocenters. The van der Waals surface area contributed by atoms with Crippen LogP contribution in [0, 0.1) is 6.92 Å². The molecule has 1 amide bonds. The monoisotopic (exact) mass is 493 g/mol. The van der Waals surface area contributed by atoms with Crippen LogP contribution < -0.4 is 21.3 Å². The van der Waals surface area contributed by atoms with Crippen molar-refractivity contribution >= 4 is 39.9 Å². The molecule has 1 N–H and O–H groups in total. The predicted octanol–water partition coefficient (Wildman–Crippen LogP) is 3.71. The maximum atomic E-state index is 13.6. The summed E-state index contributed by atoms with van der Waals surface area (Å²) in [5.74, 6) is -0.0518. The van der Waals surface area contributed by atoms with Crippen molar-refractivity contribution in [3.05, 3.63) is 73.5 Å². The van der Waals surface area contributed by atoms with E-state index in [1.165, 1.54) is 9.13 Å². The molecule has 3 heterocycles. The Morgan fingerprint density at radius 1 is 1.03 bits per heavy atom. The number of hydrogen-bond acceptors (Lipinski definition) is 6. The Morgan fingerprint density at radius 3 is 2.31 bits per heavy atom. The van der Waals surface area contributed by atoms with Gasteiger partial charge in [-0.05, 0) is 38.0 Å². The Labute approximate surface area is 205 Å². The number of anilines is 2. The highest BCUT2D eigenvalue weighted by atomic mass is 35.5. The number of carbonyl (C=O) groups excluding carboxylic acids is 1. The van der Waals surface area contributed by atoms with E-state index in [1.54, 1.807) is 45.3 Å². The zero-order chi connectivity index (χ0) is 24.9. The molecule has 9 nitrogen and oxygen atoms in total. The summed E-state index contributed by atoms with van der Waals surface area (Å²) < 4.78 is 8.02. The molecule has 1 fully saturated rings. The van der Waals surface area contributed by atoms with Crippen LogP contribution in [0.4, 0.5) is 11.4 Å². The van der Waals surface area contributed by atoms with Crippen LogP contribution >= 0.6 is 11.6 Å². The summed E-state index contributed by atoms with van der Waals surface area (Å²) in [4.78, 5) is 40.6. The number of halogens is 1. The Hall–Kier alpha value is -3.85. The van der Waals surface area contributed by atoms with E-state index in [2.05, 4.69) is 15.4 Å². The Morgan fingerprint density at radius 2 is 1.66 bits per heavy atom. The lowest BCUT2D eigenvalue weighted by Crippen LogP contribution is -2.39. The third-order valence-electron chi connectivity index (χ3n) is 6.52. The first-order valence-corrected chi connectivity index (χ1v) is 11.7. The van der Waals surface area contributed by atoms with Crippen molar-refractivity contribution in [3.63, 3.8) is 0 Å². The maximum absolute atomic E-state index is 13.6. The minimum atomic E-state index is -0.637. The highest BCUT2D eigenvalue weighted by Crippen LogP contribution is 2.35. The molecular weight excluding hydrogens is 470 g/mol. The summed E-state index contributed by atoms with van der Waals surface area (Å²) in [6.45, 7) is 3.32. The van der Waals surface area contributed by atoms with Crippen LogP contribution in [0.3, 0.4) is 0 Å². The lowest BCUT2D eigenvalue weighted by molar-refractivity contribution is 0.102. The average molecular weight is 494 g/mol. The molecule has 1 aliphatic rings. The van der Waals surface area contributed by atoms with Crippen molar-refractivity contribution in [1.82, 2.24) is 14.3 Å². The van der Waals surface area contributed by atoms with Crippen LogP contribution in [-0.4, -0.2) is 33.3 Å². The van der Waals surface area contributed by atoms with Gasteiger partial charge in [0.2, 0.25) is 0 Å². The van der Waals surface area contributed by atoms with Gasteiger partial charge in [-0.1, -0.05) is 35.0 Å². The summed E-state index contributed by atoms with van der Waals surface area (Å²) in [7, 11) is 3.13. The summed E-state index contributed by atoms with van der Waals surface area (Å²) in [6.07, 6.45) is 2.05. The fourth-order valence-corrected chi connectivity index (χ4v) is 4.82. The molecule has 0 spiro atoms. The van der Waals surface area contributed by atoms with Gasteiger partial charge in [-0.15, -0.1) is 0 Å². The van der Waals surface area contributed by atoms with E-state index in [0.717, 1.165) is 31.6 Å². The number of benzene rings is 2. The van der Waals surface area contributed by atoms with E-state index >= 15 is 0 Å². The number of rotatable bonds is 4. The lowest BCUT2D eigenvalue weighted by Gasteiger charge is -2.23. The quantitative estimate of drug-likeness (QED) is 0.435. The van der Waals surface area contributed by atoms with Gasteiger partial charge in [0.15, 0.2) is 0 Å². The van der Waals surface area contributed by atoms with E-state index in [9.17, 15) is 14.4 Å². The van der Waals surface area contributed by atoms with Gasteiger partial charge in [-0.3, -0.25) is 14.4 Å². The van der Waals surface area contributed by atoms with E-state index in [1.807, 2.05) is 12.1 Å². The minimum Gasteiger partial charge on any atom is -0.370 e. The third-order valence-corrected chi connectivity index (χ3v) is 6.85. The second kappa shape index (κ2) is 8.74. The molecule has 2 aromatic heterocycles. The summed E-state index contributed by atoms with van der Waals surface area (Å²) in [5, 5.41) is 7.55. The number of fused-ring (bicyclic) bond motifs is 1. The highest BCUT2D eigenvalue weighted by Gasteiger charge is 2.26. The summed E-state index contributed by atoms with van der Waals surface area (Å²) in [5.41, 5.74) is 2.43. The second-order valence-electron chi connectivity index (χ2n) is 8.68. The Bertz CT molecular complexity index is 1590. The molecule has 0 bridgehead atoms. The first-order valence-electron chi connectivity index (χ1n) is 11.3. The summed E-state index contributed by atoms with van der Waals surface area (Å²) >= 11 is 6.36. The zero-order valence-corrected chi connectivity index (χ0v) is 20.3. The lowest BCUT2D eigenvalue weighted by atomic mass is 10.1. The SMILES string of the molecule is Cc1onc(-c2ccccc2Cl)c1C(=O)Nc1cc2c(cc1N1CCCC1)n(C)c(=O)c(=O)n2C. The molecule has 0 atom stereocenters. The molecule has 2 aromatic carbocycles. The maximum Gasteiger partial charge on any atom is 0.316 e. The smallest absolute Gasteiger partial charge is 0.316 e. The van der Waals surface area contributed by atoms with Gasteiger partial charge < -0.3 is 23.9 Å². The van der Waals surface area contributed by atoms with Crippen LogP contribution in [0.1, 0.15) is 29.0 Å². The van der Waals surface area contributed by atoms with Gasteiger partial charge in [0.1, 0.15) is 17.0 Å². The van der Waals surface area contributed by atoms with Gasteiger partial charge in [-0.25, -0.2) is 0 Å². The van der Waals surface area contributed by atoms with Gasteiger partial charge in [0.25, 0.3) is 5.91 Å². The van der Waals surface area contributed by atoms with Crippen molar-refractivity contribution in [2.24, 2.45) is 14.1 Å². The molecule has 0 radical (unpaired) electrons. The fourth-order valence-electron chi connectivity index (χ4n) is 4.59. The van der Waals surface area contributed by atoms with Gasteiger partial charge in [0, 0.05) is 32.7 Å². The number of hydrogen-bond donors (Lipinski definition) is 1. The van der Waals surface area contributed by atoms with Crippen molar-refractivity contribution < 1.29 is 9.32 Å². The van der Waals surface area contributed by atoms with Crippen molar-refractivity contribution in [1.29, 1.82) is 0 Å². The summed E-state index contributed by atoms with van der Waals surface area (Å²) in [6, 6.07) is 10.7. The van der Waals surface area contributed by atoms with Crippen LogP contribution in [0.25, 0.3) is 22.3 Å². The number of nitrogens with one attached hydrogen (secondary N) is 1. The zero-order valence-electron chi connectivity index (χ0n) is 19.6. The number of carbonyl (C=O) groups is 1. The van der Waals surface area contributed by atoms with Crippen molar-refractivity contribution in [2.45, 2.75) is 19.8 Å². The van der Waals surface area contributed by atoms with Crippen molar-refractivity contribution in [3.8, 4) is 11.3 Å². The molecule has 0 saturated carbocycles. The molecule has 180 valence electrons. The molecular formula is C25H24ClN5O4.